The van der Waals surface area contributed by atoms with Crippen molar-refractivity contribution in [1.29, 1.82) is 0 Å². The number of hydrogen-bond donors (Lipinski definition) is 1. The predicted molar refractivity (Wildman–Crippen MR) is 56.3 cm³/mol. The quantitative estimate of drug-likeness (QED) is 0.621. The molecule has 0 aliphatic heterocycles. The lowest BCUT2D eigenvalue weighted by Gasteiger charge is -2.12. The van der Waals surface area contributed by atoms with Gasteiger partial charge in [0.05, 0.1) is 0 Å². The summed E-state index contributed by atoms with van der Waals surface area (Å²) in [7, 11) is 0. The Hall–Kier alpha value is -0.560. The molecule has 1 heteroatoms. The van der Waals surface area contributed by atoms with Gasteiger partial charge in [0.2, 0.25) is 0 Å². The third kappa shape index (κ3) is 5.14. The summed E-state index contributed by atoms with van der Waals surface area (Å²) in [6.45, 7) is 9.68. The Morgan fingerprint density at radius 3 is 2.67 bits per heavy atom. The minimum absolute atomic E-state index is 0.501. The zero-order valence-corrected chi connectivity index (χ0v) is 8.72. The standard InChI is InChI=1S/C11H21N/c1-5-7-8-10(3)11(4)12-9-6-2/h5,7-8,11-12H,6,9H2,1-4H3. The van der Waals surface area contributed by atoms with Crippen LogP contribution in [0.2, 0.25) is 0 Å². The Labute approximate surface area is 76.6 Å². The van der Waals surface area contributed by atoms with Crippen molar-refractivity contribution in [2.75, 3.05) is 6.54 Å². The predicted octanol–water partition coefficient (Wildman–Crippen LogP) is 2.90. The van der Waals surface area contributed by atoms with Gasteiger partial charge in [0.15, 0.2) is 0 Å². The monoisotopic (exact) mass is 167 g/mol. The van der Waals surface area contributed by atoms with Gasteiger partial charge in [-0.3, -0.25) is 0 Å². The van der Waals surface area contributed by atoms with Crippen molar-refractivity contribution >= 4 is 0 Å². The largest absolute Gasteiger partial charge is 0.311 e. The van der Waals surface area contributed by atoms with Crippen molar-refractivity contribution in [3.8, 4) is 0 Å². The lowest BCUT2D eigenvalue weighted by Crippen LogP contribution is -2.27. The molecule has 0 rings (SSSR count). The molecule has 0 saturated carbocycles. The molecule has 0 radical (unpaired) electrons. The molecule has 0 fully saturated rings. The third-order valence-corrected chi connectivity index (χ3v) is 1.94. The summed E-state index contributed by atoms with van der Waals surface area (Å²) in [5.41, 5.74) is 1.39. The number of allylic oxidation sites excluding steroid dienone is 3. The zero-order chi connectivity index (χ0) is 9.40. The van der Waals surface area contributed by atoms with Gasteiger partial charge in [-0.15, -0.1) is 0 Å². The molecule has 1 nitrogen and oxygen atoms in total. The average molecular weight is 167 g/mol. The van der Waals surface area contributed by atoms with E-state index in [-0.39, 0.29) is 0 Å². The second-order valence-electron chi connectivity index (χ2n) is 3.11. The van der Waals surface area contributed by atoms with Gasteiger partial charge < -0.3 is 5.32 Å². The van der Waals surface area contributed by atoms with E-state index in [4.69, 9.17) is 0 Å². The maximum Gasteiger partial charge on any atom is 0.0251 e. The van der Waals surface area contributed by atoms with Gasteiger partial charge in [0, 0.05) is 6.04 Å². The van der Waals surface area contributed by atoms with Crippen LogP contribution in [0.1, 0.15) is 34.1 Å². The smallest absolute Gasteiger partial charge is 0.0251 e. The van der Waals surface area contributed by atoms with Crippen LogP contribution >= 0.6 is 0 Å². The van der Waals surface area contributed by atoms with Gasteiger partial charge in [-0.05, 0) is 33.7 Å². The Kier molecular flexibility index (Phi) is 6.78. The molecule has 12 heavy (non-hydrogen) atoms. The van der Waals surface area contributed by atoms with Crippen molar-refractivity contribution in [3.63, 3.8) is 0 Å². The lowest BCUT2D eigenvalue weighted by atomic mass is 10.1. The lowest BCUT2D eigenvalue weighted by molar-refractivity contribution is 0.602. The fourth-order valence-corrected chi connectivity index (χ4v) is 0.914. The van der Waals surface area contributed by atoms with Gasteiger partial charge in [-0.1, -0.05) is 30.7 Å². The topological polar surface area (TPSA) is 12.0 Å². The molecule has 0 aliphatic rings. The van der Waals surface area contributed by atoms with Crippen molar-refractivity contribution < 1.29 is 0 Å². The fraction of sp³-hybridized carbons (Fsp3) is 0.636. The molecule has 0 aromatic rings. The van der Waals surface area contributed by atoms with E-state index in [1.807, 2.05) is 6.92 Å². The van der Waals surface area contributed by atoms with Crippen LogP contribution < -0.4 is 5.32 Å². The zero-order valence-electron chi connectivity index (χ0n) is 8.72. The normalized spacial score (nSPS) is 15.5. The fourth-order valence-electron chi connectivity index (χ4n) is 0.914. The second-order valence-corrected chi connectivity index (χ2v) is 3.11. The molecule has 0 aromatic heterocycles. The summed E-state index contributed by atoms with van der Waals surface area (Å²) in [5.74, 6) is 0. The number of nitrogens with one attached hydrogen (secondary N) is 1. The molecular formula is C11H21N. The van der Waals surface area contributed by atoms with Crippen LogP contribution in [0.25, 0.3) is 0 Å². The molecular weight excluding hydrogens is 146 g/mol. The molecule has 0 spiro atoms. The first-order valence-corrected chi connectivity index (χ1v) is 4.75. The highest BCUT2D eigenvalue weighted by molar-refractivity contribution is 5.14. The molecule has 70 valence electrons. The van der Waals surface area contributed by atoms with Crippen LogP contribution in [0.4, 0.5) is 0 Å². The van der Waals surface area contributed by atoms with E-state index >= 15 is 0 Å². The summed E-state index contributed by atoms with van der Waals surface area (Å²) >= 11 is 0. The maximum atomic E-state index is 3.44. The first-order valence-electron chi connectivity index (χ1n) is 4.75. The Bertz CT molecular complexity index is 156. The van der Waals surface area contributed by atoms with Crippen molar-refractivity contribution in [1.82, 2.24) is 5.32 Å². The van der Waals surface area contributed by atoms with E-state index in [2.05, 4.69) is 44.3 Å². The minimum atomic E-state index is 0.501. The van der Waals surface area contributed by atoms with E-state index in [0.29, 0.717) is 6.04 Å². The van der Waals surface area contributed by atoms with E-state index in [9.17, 15) is 0 Å². The third-order valence-electron chi connectivity index (χ3n) is 1.94. The molecule has 0 bridgehead atoms. The number of hydrogen-bond acceptors (Lipinski definition) is 1. The van der Waals surface area contributed by atoms with Crippen molar-refractivity contribution in [2.45, 2.75) is 40.2 Å². The van der Waals surface area contributed by atoms with E-state index in [0.717, 1.165) is 6.54 Å². The van der Waals surface area contributed by atoms with E-state index < -0.39 is 0 Å². The first kappa shape index (κ1) is 11.4. The summed E-state index contributed by atoms with van der Waals surface area (Å²) in [4.78, 5) is 0. The molecule has 0 amide bonds. The molecule has 0 aromatic carbocycles. The summed E-state index contributed by atoms with van der Waals surface area (Å²) in [6.07, 6.45) is 7.49. The molecule has 1 atom stereocenters. The highest BCUT2D eigenvalue weighted by atomic mass is 14.9. The van der Waals surface area contributed by atoms with Crippen LogP contribution in [-0.2, 0) is 0 Å². The molecule has 0 heterocycles. The molecule has 0 saturated heterocycles. The summed E-state index contributed by atoms with van der Waals surface area (Å²) < 4.78 is 0. The van der Waals surface area contributed by atoms with Crippen LogP contribution in [0, 0.1) is 0 Å². The highest BCUT2D eigenvalue weighted by Crippen LogP contribution is 2.00. The molecule has 1 N–H and O–H groups in total. The van der Waals surface area contributed by atoms with Crippen LogP contribution in [0.3, 0.4) is 0 Å². The summed E-state index contributed by atoms with van der Waals surface area (Å²) in [5, 5.41) is 3.44. The highest BCUT2D eigenvalue weighted by Gasteiger charge is 1.99. The van der Waals surface area contributed by atoms with Gasteiger partial charge in [0.1, 0.15) is 0 Å². The SMILES string of the molecule is CC=CC=C(C)C(C)NCCC. The Balaban J connectivity index is 3.82. The Morgan fingerprint density at radius 2 is 2.17 bits per heavy atom. The van der Waals surface area contributed by atoms with E-state index in [1.165, 1.54) is 12.0 Å². The first-order chi connectivity index (χ1) is 5.72. The van der Waals surface area contributed by atoms with Gasteiger partial charge >= 0.3 is 0 Å². The average Bonchev–Trinajstić information content (AvgIpc) is 2.10. The van der Waals surface area contributed by atoms with Crippen LogP contribution in [0.15, 0.2) is 23.8 Å². The van der Waals surface area contributed by atoms with Crippen LogP contribution in [0.5, 0.6) is 0 Å². The van der Waals surface area contributed by atoms with Gasteiger partial charge in [0.25, 0.3) is 0 Å². The van der Waals surface area contributed by atoms with Crippen LogP contribution in [-0.4, -0.2) is 12.6 Å². The molecule has 1 unspecified atom stereocenters. The maximum absolute atomic E-state index is 3.44. The second kappa shape index (κ2) is 7.11. The Morgan fingerprint density at radius 1 is 1.50 bits per heavy atom. The van der Waals surface area contributed by atoms with Crippen molar-refractivity contribution in [3.05, 3.63) is 23.8 Å². The van der Waals surface area contributed by atoms with Gasteiger partial charge in [-0.25, -0.2) is 0 Å². The van der Waals surface area contributed by atoms with Crippen molar-refractivity contribution in [2.24, 2.45) is 0 Å². The van der Waals surface area contributed by atoms with E-state index in [1.54, 1.807) is 0 Å². The minimum Gasteiger partial charge on any atom is -0.311 e. The summed E-state index contributed by atoms with van der Waals surface area (Å²) in [6, 6.07) is 0.501. The number of rotatable bonds is 5. The molecule has 0 aliphatic carbocycles. The van der Waals surface area contributed by atoms with Gasteiger partial charge in [-0.2, -0.15) is 0 Å².